The van der Waals surface area contributed by atoms with E-state index in [1.54, 1.807) is 60.9 Å². The second-order valence-corrected chi connectivity index (χ2v) is 11.0. The van der Waals surface area contributed by atoms with Gasteiger partial charge in [0, 0.05) is 36.0 Å². The SMILES string of the molecule is Cc1[nH]cnc1CSCCNC(CS(=O)(=O)c1ccccc1)=NCCCSc1ncco1. The van der Waals surface area contributed by atoms with Gasteiger partial charge in [-0.1, -0.05) is 30.0 Å². The van der Waals surface area contributed by atoms with Gasteiger partial charge in [0.1, 0.15) is 17.9 Å². The van der Waals surface area contributed by atoms with Crippen LogP contribution in [0.5, 0.6) is 0 Å². The van der Waals surface area contributed by atoms with Crippen LogP contribution in [0.4, 0.5) is 0 Å². The summed E-state index contributed by atoms with van der Waals surface area (Å²) in [6, 6.07) is 8.48. The van der Waals surface area contributed by atoms with Crippen LogP contribution in [0.1, 0.15) is 17.8 Å². The fourth-order valence-electron chi connectivity index (χ4n) is 2.73. The van der Waals surface area contributed by atoms with Crippen LogP contribution in [0.25, 0.3) is 0 Å². The number of H-pyrrole nitrogens is 1. The second kappa shape index (κ2) is 12.7. The van der Waals surface area contributed by atoms with Crippen LogP contribution in [-0.2, 0) is 15.6 Å². The van der Waals surface area contributed by atoms with E-state index in [9.17, 15) is 8.42 Å². The molecule has 0 saturated carbocycles. The molecular formula is C21H27N5O3S3. The summed E-state index contributed by atoms with van der Waals surface area (Å²) in [6.07, 6.45) is 5.64. The van der Waals surface area contributed by atoms with E-state index >= 15 is 0 Å². The minimum absolute atomic E-state index is 0.146. The van der Waals surface area contributed by atoms with Crippen molar-refractivity contribution in [1.29, 1.82) is 0 Å². The molecule has 0 amide bonds. The molecular weight excluding hydrogens is 466 g/mol. The van der Waals surface area contributed by atoms with Crippen molar-refractivity contribution in [3.05, 3.63) is 60.5 Å². The molecule has 0 aliphatic heterocycles. The summed E-state index contributed by atoms with van der Waals surface area (Å²) in [7, 11) is -3.47. The molecule has 0 aliphatic carbocycles. The quantitative estimate of drug-likeness (QED) is 0.161. The van der Waals surface area contributed by atoms with Crippen LogP contribution < -0.4 is 5.32 Å². The molecule has 2 N–H and O–H groups in total. The largest absolute Gasteiger partial charge is 0.440 e. The average molecular weight is 494 g/mol. The number of hydrogen-bond donors (Lipinski definition) is 2. The Bertz CT molecular complexity index is 1070. The molecule has 0 unspecified atom stereocenters. The van der Waals surface area contributed by atoms with Crippen LogP contribution in [0.2, 0.25) is 0 Å². The number of hydrogen-bond acceptors (Lipinski definition) is 8. The third-order valence-corrected chi connectivity index (χ3v) is 7.97. The molecule has 172 valence electrons. The van der Waals surface area contributed by atoms with E-state index in [-0.39, 0.29) is 5.75 Å². The van der Waals surface area contributed by atoms with Crippen molar-refractivity contribution in [1.82, 2.24) is 20.3 Å². The number of nitrogens with zero attached hydrogens (tertiary/aromatic N) is 3. The lowest BCUT2D eigenvalue weighted by atomic mass is 10.4. The van der Waals surface area contributed by atoms with Gasteiger partial charge in [-0.25, -0.2) is 18.4 Å². The molecule has 2 aromatic heterocycles. The number of sulfone groups is 1. The molecule has 8 nitrogen and oxygen atoms in total. The predicted octanol–water partition coefficient (Wildman–Crippen LogP) is 3.58. The molecule has 0 atom stereocenters. The number of rotatable bonds is 13. The lowest BCUT2D eigenvalue weighted by Gasteiger charge is -2.11. The highest BCUT2D eigenvalue weighted by atomic mass is 32.2. The van der Waals surface area contributed by atoms with Crippen LogP contribution >= 0.6 is 23.5 Å². The lowest BCUT2D eigenvalue weighted by molar-refractivity contribution is 0.454. The number of nitrogens with one attached hydrogen (secondary N) is 2. The Kier molecular flexibility index (Phi) is 9.69. The number of benzene rings is 1. The number of aromatic amines is 1. The van der Waals surface area contributed by atoms with Gasteiger partial charge in [-0.3, -0.25) is 4.99 Å². The molecule has 3 rings (SSSR count). The Hall–Kier alpha value is -2.24. The molecule has 0 spiro atoms. The molecule has 0 bridgehead atoms. The maximum atomic E-state index is 12.8. The van der Waals surface area contributed by atoms with Gasteiger partial charge in [0.25, 0.3) is 5.22 Å². The molecule has 3 aromatic rings. The van der Waals surface area contributed by atoms with Crippen LogP contribution in [0, 0.1) is 6.92 Å². The fourth-order valence-corrected chi connectivity index (χ4v) is 5.61. The van der Waals surface area contributed by atoms with E-state index < -0.39 is 9.84 Å². The minimum Gasteiger partial charge on any atom is -0.440 e. The third kappa shape index (κ3) is 8.03. The molecule has 0 aliphatic rings. The van der Waals surface area contributed by atoms with Crippen molar-refractivity contribution >= 4 is 39.2 Å². The van der Waals surface area contributed by atoms with Gasteiger partial charge < -0.3 is 14.7 Å². The summed E-state index contributed by atoms with van der Waals surface area (Å²) in [5.74, 6) is 2.77. The van der Waals surface area contributed by atoms with Gasteiger partial charge >= 0.3 is 0 Å². The van der Waals surface area contributed by atoms with Crippen LogP contribution in [0.3, 0.4) is 0 Å². The monoisotopic (exact) mass is 493 g/mol. The number of oxazole rings is 1. The van der Waals surface area contributed by atoms with E-state index in [0.717, 1.165) is 35.1 Å². The molecule has 2 heterocycles. The molecule has 0 radical (unpaired) electrons. The third-order valence-electron chi connectivity index (χ3n) is 4.42. The molecule has 32 heavy (non-hydrogen) atoms. The van der Waals surface area contributed by atoms with Gasteiger partial charge in [0.2, 0.25) is 0 Å². The minimum atomic E-state index is -3.47. The zero-order valence-corrected chi connectivity index (χ0v) is 20.3. The first-order chi connectivity index (χ1) is 15.5. The first kappa shape index (κ1) is 24.4. The van der Waals surface area contributed by atoms with Crippen molar-refractivity contribution in [3.63, 3.8) is 0 Å². The van der Waals surface area contributed by atoms with E-state index in [1.807, 2.05) is 6.92 Å². The average Bonchev–Trinajstić information content (AvgIpc) is 3.45. The standard InChI is InChI=1S/C21H27N5O3S3/c1-17-19(26-16-25-17)14-30-13-10-23-20(15-32(27,28)18-6-3-2-4-7-18)22-8-5-12-31-21-24-9-11-29-21/h2-4,6-7,9,11,16H,5,8,10,12-15H2,1H3,(H,22,23)(H,25,26). The van der Waals surface area contributed by atoms with Crippen LogP contribution in [-0.4, -0.2) is 59.6 Å². The van der Waals surface area contributed by atoms with Crippen molar-refractivity contribution in [2.24, 2.45) is 4.99 Å². The van der Waals surface area contributed by atoms with E-state index in [0.29, 0.717) is 29.0 Å². The number of thioether (sulfide) groups is 2. The molecule has 11 heteroatoms. The Morgan fingerprint density at radius 3 is 2.78 bits per heavy atom. The number of amidine groups is 1. The van der Waals surface area contributed by atoms with Crippen molar-refractivity contribution in [3.8, 4) is 0 Å². The molecule has 0 fully saturated rings. The van der Waals surface area contributed by atoms with Gasteiger partial charge in [-0.15, -0.1) is 0 Å². The normalized spacial score (nSPS) is 12.2. The van der Waals surface area contributed by atoms with Crippen molar-refractivity contribution in [2.75, 3.05) is 30.3 Å². The van der Waals surface area contributed by atoms with E-state index in [2.05, 4.69) is 25.3 Å². The number of imidazole rings is 1. The predicted molar refractivity (Wildman–Crippen MR) is 130 cm³/mol. The summed E-state index contributed by atoms with van der Waals surface area (Å²) < 4.78 is 30.8. The topological polar surface area (TPSA) is 113 Å². The molecule has 1 aromatic carbocycles. The van der Waals surface area contributed by atoms with Gasteiger partial charge in [-0.2, -0.15) is 11.8 Å². The van der Waals surface area contributed by atoms with Gasteiger partial charge in [-0.05, 0) is 25.5 Å². The highest BCUT2D eigenvalue weighted by Gasteiger charge is 2.17. The van der Waals surface area contributed by atoms with Crippen molar-refractivity contribution < 1.29 is 12.8 Å². The maximum Gasteiger partial charge on any atom is 0.255 e. The maximum absolute atomic E-state index is 12.8. The van der Waals surface area contributed by atoms with E-state index in [4.69, 9.17) is 4.42 Å². The van der Waals surface area contributed by atoms with Crippen LogP contribution in [0.15, 0.2) is 68.6 Å². The summed E-state index contributed by atoms with van der Waals surface area (Å²) in [5.41, 5.74) is 2.11. The Morgan fingerprint density at radius 1 is 1.22 bits per heavy atom. The Balaban J connectivity index is 1.51. The zero-order valence-electron chi connectivity index (χ0n) is 17.9. The number of aliphatic imine (C=N–C) groups is 1. The Morgan fingerprint density at radius 2 is 2.06 bits per heavy atom. The summed E-state index contributed by atoms with van der Waals surface area (Å²) in [4.78, 5) is 16.3. The van der Waals surface area contributed by atoms with Gasteiger partial charge in [0.05, 0.1) is 23.1 Å². The number of aryl methyl sites for hydroxylation is 1. The fraction of sp³-hybridized carbons (Fsp3) is 0.381. The Labute approximate surface area is 197 Å². The highest BCUT2D eigenvalue weighted by Crippen LogP contribution is 2.16. The molecule has 0 saturated heterocycles. The highest BCUT2D eigenvalue weighted by molar-refractivity contribution is 7.99. The van der Waals surface area contributed by atoms with Gasteiger partial charge in [0.15, 0.2) is 9.84 Å². The first-order valence-electron chi connectivity index (χ1n) is 10.2. The smallest absolute Gasteiger partial charge is 0.255 e. The second-order valence-electron chi connectivity index (χ2n) is 6.85. The first-order valence-corrected chi connectivity index (χ1v) is 14.0. The van der Waals surface area contributed by atoms with Crippen molar-refractivity contribution in [2.45, 2.75) is 29.2 Å². The summed E-state index contributed by atoms with van der Waals surface area (Å²) in [5, 5.41) is 3.86. The lowest BCUT2D eigenvalue weighted by Crippen LogP contribution is -2.32. The number of aromatic nitrogens is 3. The van der Waals surface area contributed by atoms with E-state index in [1.165, 1.54) is 11.8 Å². The zero-order chi connectivity index (χ0) is 22.7. The summed E-state index contributed by atoms with van der Waals surface area (Å²) >= 11 is 3.26. The summed E-state index contributed by atoms with van der Waals surface area (Å²) in [6.45, 7) is 3.16.